The standard InChI is InChI=1S/C16H16BrN3O5.K/c17-10-1-3-11(4-2-10)20-6-9(5-18-20)15(23)19-7-12(16(24)25)14(22)13(21)8-19;/h1-6,12-14,21-22H,7-8H2,(H,24,25);/q;+1/p-1. The fourth-order valence-corrected chi connectivity index (χ4v) is 3.02. The molecule has 10 heteroatoms. The Labute approximate surface area is 200 Å². The molecule has 0 saturated carbocycles. The van der Waals surface area contributed by atoms with Crippen LogP contribution in [0, 0.1) is 5.92 Å². The number of carbonyl (C=O) groups excluding carboxylic acids is 2. The Morgan fingerprint density at radius 2 is 1.85 bits per heavy atom. The van der Waals surface area contributed by atoms with Crippen LogP contribution in [0.15, 0.2) is 41.1 Å². The summed E-state index contributed by atoms with van der Waals surface area (Å²) in [6, 6.07) is 7.31. The fraction of sp³-hybridized carbons (Fsp3) is 0.312. The Morgan fingerprint density at radius 1 is 1.19 bits per heavy atom. The Balaban J connectivity index is 0.00000243. The van der Waals surface area contributed by atoms with Crippen molar-refractivity contribution in [3.63, 3.8) is 0 Å². The number of likely N-dealkylation sites (tertiary alicyclic amines) is 1. The molecule has 1 fully saturated rings. The van der Waals surface area contributed by atoms with Gasteiger partial charge in [0.15, 0.2) is 0 Å². The molecule has 1 aliphatic rings. The van der Waals surface area contributed by atoms with E-state index in [4.69, 9.17) is 0 Å². The number of aliphatic hydroxyl groups excluding tert-OH is 2. The van der Waals surface area contributed by atoms with E-state index in [2.05, 4.69) is 21.0 Å². The van der Waals surface area contributed by atoms with Crippen molar-refractivity contribution in [3.8, 4) is 5.69 Å². The van der Waals surface area contributed by atoms with E-state index in [9.17, 15) is 24.9 Å². The molecule has 8 nitrogen and oxygen atoms in total. The summed E-state index contributed by atoms with van der Waals surface area (Å²) >= 11 is 3.34. The van der Waals surface area contributed by atoms with Crippen molar-refractivity contribution in [2.45, 2.75) is 12.2 Å². The zero-order valence-corrected chi connectivity index (χ0v) is 18.7. The van der Waals surface area contributed by atoms with Gasteiger partial charge in [0.2, 0.25) is 0 Å². The maximum absolute atomic E-state index is 12.6. The molecule has 3 atom stereocenters. The number of aromatic nitrogens is 2. The Hall–Kier alpha value is -0.594. The number of carboxylic acids is 1. The molecule has 2 N–H and O–H groups in total. The first-order valence-electron chi connectivity index (χ1n) is 7.53. The van der Waals surface area contributed by atoms with Crippen LogP contribution in [0.2, 0.25) is 0 Å². The molecule has 3 rings (SSSR count). The van der Waals surface area contributed by atoms with Gasteiger partial charge in [0.1, 0.15) is 0 Å². The molecule has 1 aliphatic heterocycles. The third-order valence-corrected chi connectivity index (χ3v) is 4.67. The monoisotopic (exact) mass is 447 g/mol. The van der Waals surface area contributed by atoms with Gasteiger partial charge in [0, 0.05) is 35.6 Å². The Morgan fingerprint density at radius 3 is 2.46 bits per heavy atom. The molecule has 1 amide bonds. The molecule has 26 heavy (non-hydrogen) atoms. The van der Waals surface area contributed by atoms with Gasteiger partial charge in [-0.15, -0.1) is 0 Å². The predicted molar refractivity (Wildman–Crippen MR) is 87.7 cm³/mol. The van der Waals surface area contributed by atoms with E-state index in [1.54, 1.807) is 0 Å². The van der Waals surface area contributed by atoms with Crippen LogP contribution in [0.3, 0.4) is 0 Å². The summed E-state index contributed by atoms with van der Waals surface area (Å²) in [5.74, 6) is -3.32. The molecule has 1 aromatic carbocycles. The molecule has 0 radical (unpaired) electrons. The SMILES string of the molecule is O=C([O-])C1CN(C(=O)c2cnn(-c3ccc(Br)cc3)c2)CC(O)C1O.[K+]. The topological polar surface area (TPSA) is 119 Å². The van der Waals surface area contributed by atoms with E-state index in [-0.39, 0.29) is 70.0 Å². The summed E-state index contributed by atoms with van der Waals surface area (Å²) < 4.78 is 2.43. The van der Waals surface area contributed by atoms with Gasteiger partial charge in [-0.3, -0.25) is 4.79 Å². The normalized spacial score (nSPS) is 22.6. The van der Waals surface area contributed by atoms with Crippen LogP contribution < -0.4 is 56.5 Å². The molecule has 3 unspecified atom stereocenters. The number of rotatable bonds is 3. The molecular weight excluding hydrogens is 433 g/mol. The minimum Gasteiger partial charge on any atom is -0.550 e. The van der Waals surface area contributed by atoms with Crippen molar-refractivity contribution >= 4 is 27.8 Å². The molecule has 1 saturated heterocycles. The number of carboxylic acid groups (broad SMARTS) is 1. The second-order valence-electron chi connectivity index (χ2n) is 5.84. The first kappa shape index (κ1) is 21.7. The van der Waals surface area contributed by atoms with Crippen molar-refractivity contribution < 1.29 is 76.3 Å². The zero-order chi connectivity index (χ0) is 18.1. The van der Waals surface area contributed by atoms with Crippen molar-refractivity contribution in [2.75, 3.05) is 13.1 Å². The number of hydrogen-bond donors (Lipinski definition) is 2. The minimum absolute atomic E-state index is 0. The molecule has 0 spiro atoms. The van der Waals surface area contributed by atoms with Crippen molar-refractivity contribution in [1.29, 1.82) is 0 Å². The average molecular weight is 448 g/mol. The van der Waals surface area contributed by atoms with Gasteiger partial charge < -0.3 is 25.0 Å². The van der Waals surface area contributed by atoms with Gasteiger partial charge in [-0.05, 0) is 24.3 Å². The number of piperidine rings is 1. The maximum atomic E-state index is 12.6. The smallest absolute Gasteiger partial charge is 0.550 e. The zero-order valence-electron chi connectivity index (χ0n) is 13.9. The molecule has 1 aromatic heterocycles. The van der Waals surface area contributed by atoms with Gasteiger partial charge >= 0.3 is 51.4 Å². The van der Waals surface area contributed by atoms with Crippen molar-refractivity contribution in [2.24, 2.45) is 5.92 Å². The Bertz CT molecular complexity index is 797. The van der Waals surface area contributed by atoms with E-state index in [1.165, 1.54) is 22.0 Å². The van der Waals surface area contributed by atoms with E-state index in [0.717, 1.165) is 10.2 Å². The number of halogens is 1. The number of benzene rings is 1. The van der Waals surface area contributed by atoms with E-state index < -0.39 is 30.0 Å². The minimum atomic E-state index is -1.50. The van der Waals surface area contributed by atoms with Crippen LogP contribution >= 0.6 is 15.9 Å². The third-order valence-electron chi connectivity index (χ3n) is 4.14. The molecule has 2 aromatic rings. The van der Waals surface area contributed by atoms with Crippen molar-refractivity contribution in [1.82, 2.24) is 14.7 Å². The number of β-amino-alcohol motifs (C(OH)–C–C–N with tert-alkyl or cyclic N) is 1. The van der Waals surface area contributed by atoms with Gasteiger partial charge in [0.25, 0.3) is 5.91 Å². The van der Waals surface area contributed by atoms with Gasteiger partial charge in [0.05, 0.1) is 29.7 Å². The molecule has 132 valence electrons. The second kappa shape index (κ2) is 9.06. The maximum Gasteiger partial charge on any atom is 1.00 e. The van der Waals surface area contributed by atoms with Crippen molar-refractivity contribution in [3.05, 3.63) is 46.7 Å². The first-order chi connectivity index (χ1) is 11.9. The fourth-order valence-electron chi connectivity index (χ4n) is 2.75. The predicted octanol–water partition coefficient (Wildman–Crippen LogP) is -3.82. The van der Waals surface area contributed by atoms with Crippen LogP contribution in [0.25, 0.3) is 5.69 Å². The number of aliphatic carboxylic acids is 1. The number of aliphatic hydroxyl groups is 2. The summed E-state index contributed by atoms with van der Waals surface area (Å²) in [5.41, 5.74) is 1.01. The van der Waals surface area contributed by atoms with Crippen LogP contribution in [-0.4, -0.2) is 62.1 Å². The summed E-state index contributed by atoms with van der Waals surface area (Å²) in [6.07, 6.45) is 0.0916. The third kappa shape index (κ3) is 4.62. The number of carbonyl (C=O) groups is 2. The number of hydrogen-bond acceptors (Lipinski definition) is 6. The molecule has 2 heterocycles. The first-order valence-corrected chi connectivity index (χ1v) is 8.33. The summed E-state index contributed by atoms with van der Waals surface area (Å²) in [6.45, 7) is -0.393. The largest absolute Gasteiger partial charge is 1.00 e. The van der Waals surface area contributed by atoms with Gasteiger partial charge in [-0.25, -0.2) is 4.68 Å². The van der Waals surface area contributed by atoms with Crippen LogP contribution in [-0.2, 0) is 4.79 Å². The van der Waals surface area contributed by atoms with Gasteiger partial charge in [-0.1, -0.05) is 15.9 Å². The van der Waals surface area contributed by atoms with Crippen LogP contribution in [0.1, 0.15) is 10.4 Å². The Kier molecular flexibility index (Phi) is 7.57. The molecular formula is C16H15BrKN3O5. The van der Waals surface area contributed by atoms with E-state index >= 15 is 0 Å². The summed E-state index contributed by atoms with van der Waals surface area (Å²) in [7, 11) is 0. The molecule has 0 bridgehead atoms. The number of amides is 1. The summed E-state index contributed by atoms with van der Waals surface area (Å²) in [5, 5.41) is 34.8. The number of nitrogens with zero attached hydrogens (tertiary/aromatic N) is 3. The average Bonchev–Trinajstić information content (AvgIpc) is 3.07. The molecule has 0 aliphatic carbocycles. The van der Waals surface area contributed by atoms with E-state index in [0.29, 0.717) is 0 Å². The summed E-state index contributed by atoms with van der Waals surface area (Å²) in [4.78, 5) is 24.9. The quantitative estimate of drug-likeness (QED) is 0.465. The van der Waals surface area contributed by atoms with E-state index in [1.807, 2.05) is 24.3 Å². The van der Waals surface area contributed by atoms with Crippen LogP contribution in [0.5, 0.6) is 0 Å². The van der Waals surface area contributed by atoms with Gasteiger partial charge in [-0.2, -0.15) is 5.10 Å². The second-order valence-corrected chi connectivity index (χ2v) is 6.76. The van der Waals surface area contributed by atoms with Crippen LogP contribution in [0.4, 0.5) is 0 Å².